The Balaban J connectivity index is 1.76. The van der Waals surface area contributed by atoms with Crippen molar-refractivity contribution in [1.82, 2.24) is 19.3 Å². The molecule has 0 aliphatic rings. The molecular formula is C15H16N4O. The van der Waals surface area contributed by atoms with Gasteiger partial charge in [-0.25, -0.2) is 4.98 Å². The van der Waals surface area contributed by atoms with Gasteiger partial charge in [-0.3, -0.25) is 4.68 Å². The summed E-state index contributed by atoms with van der Waals surface area (Å²) in [7, 11) is 0. The fourth-order valence-electron chi connectivity index (χ4n) is 2.18. The van der Waals surface area contributed by atoms with E-state index in [1.54, 1.807) is 12.4 Å². The molecule has 3 aromatic rings. The summed E-state index contributed by atoms with van der Waals surface area (Å²) in [5.74, 6) is 0.656. The van der Waals surface area contributed by atoms with E-state index < -0.39 is 6.10 Å². The molecule has 3 rings (SSSR count). The Morgan fingerprint density at radius 3 is 2.60 bits per heavy atom. The molecule has 0 spiro atoms. The second-order valence-corrected chi connectivity index (χ2v) is 4.56. The Labute approximate surface area is 117 Å². The lowest BCUT2D eigenvalue weighted by atomic mass is 10.1. The van der Waals surface area contributed by atoms with Crippen molar-refractivity contribution in [2.24, 2.45) is 0 Å². The summed E-state index contributed by atoms with van der Waals surface area (Å²) in [6.45, 7) is 1.47. The lowest BCUT2D eigenvalue weighted by molar-refractivity contribution is 0.203. The Bertz CT molecular complexity index is 646. The van der Waals surface area contributed by atoms with Crippen LogP contribution in [0, 0.1) is 0 Å². The molecule has 102 valence electrons. The summed E-state index contributed by atoms with van der Waals surface area (Å²) >= 11 is 0. The van der Waals surface area contributed by atoms with Gasteiger partial charge in [0.05, 0.1) is 6.54 Å². The zero-order valence-corrected chi connectivity index (χ0v) is 11.0. The third kappa shape index (κ3) is 2.62. The van der Waals surface area contributed by atoms with Crippen molar-refractivity contribution in [2.75, 3.05) is 0 Å². The molecule has 0 saturated carbocycles. The van der Waals surface area contributed by atoms with Crippen LogP contribution in [0.4, 0.5) is 0 Å². The van der Waals surface area contributed by atoms with Gasteiger partial charge in [0.2, 0.25) is 0 Å². The van der Waals surface area contributed by atoms with Gasteiger partial charge in [-0.2, -0.15) is 5.10 Å². The lowest BCUT2D eigenvalue weighted by Crippen LogP contribution is -2.13. The minimum absolute atomic E-state index is 0.656. The third-order valence-electron chi connectivity index (χ3n) is 3.24. The van der Waals surface area contributed by atoms with Crippen LogP contribution in [0.5, 0.6) is 0 Å². The lowest BCUT2D eigenvalue weighted by Gasteiger charge is -2.13. The van der Waals surface area contributed by atoms with Crippen molar-refractivity contribution >= 4 is 0 Å². The van der Waals surface area contributed by atoms with Crippen LogP contribution in [-0.2, 0) is 13.1 Å². The van der Waals surface area contributed by atoms with Gasteiger partial charge >= 0.3 is 0 Å². The maximum Gasteiger partial charge on any atom is 0.142 e. The molecule has 0 amide bonds. The third-order valence-corrected chi connectivity index (χ3v) is 3.24. The zero-order valence-electron chi connectivity index (χ0n) is 11.0. The number of aliphatic hydroxyl groups is 1. The van der Waals surface area contributed by atoms with Crippen LogP contribution in [0.2, 0.25) is 0 Å². The number of hydrogen-bond acceptors (Lipinski definition) is 3. The van der Waals surface area contributed by atoms with Gasteiger partial charge in [0, 0.05) is 31.3 Å². The van der Waals surface area contributed by atoms with E-state index in [-0.39, 0.29) is 0 Å². The normalized spacial score (nSPS) is 12.4. The number of imidazole rings is 1. The van der Waals surface area contributed by atoms with E-state index in [9.17, 15) is 5.11 Å². The highest BCUT2D eigenvalue weighted by molar-refractivity contribution is 5.22. The number of rotatable bonds is 5. The number of nitrogens with zero attached hydrogens (tertiary/aromatic N) is 4. The molecule has 0 fully saturated rings. The first-order chi connectivity index (χ1) is 9.84. The van der Waals surface area contributed by atoms with Gasteiger partial charge in [-0.1, -0.05) is 30.3 Å². The van der Waals surface area contributed by atoms with Gasteiger partial charge in [-0.15, -0.1) is 0 Å². The predicted molar refractivity (Wildman–Crippen MR) is 75.0 cm³/mol. The van der Waals surface area contributed by atoms with Crippen LogP contribution >= 0.6 is 0 Å². The molecule has 0 saturated heterocycles. The van der Waals surface area contributed by atoms with E-state index in [0.717, 1.165) is 18.7 Å². The minimum Gasteiger partial charge on any atom is -0.380 e. The van der Waals surface area contributed by atoms with E-state index >= 15 is 0 Å². The van der Waals surface area contributed by atoms with Crippen molar-refractivity contribution < 1.29 is 5.11 Å². The quantitative estimate of drug-likeness (QED) is 0.768. The smallest absolute Gasteiger partial charge is 0.142 e. The number of aromatic nitrogens is 4. The molecule has 1 aromatic carbocycles. The highest BCUT2D eigenvalue weighted by Crippen LogP contribution is 2.20. The van der Waals surface area contributed by atoms with Crippen LogP contribution in [0.15, 0.2) is 61.2 Å². The molecule has 1 atom stereocenters. The fraction of sp³-hybridized carbons (Fsp3) is 0.200. The molecule has 2 aromatic heterocycles. The molecule has 20 heavy (non-hydrogen) atoms. The van der Waals surface area contributed by atoms with Crippen molar-refractivity contribution in [3.63, 3.8) is 0 Å². The van der Waals surface area contributed by atoms with Crippen LogP contribution in [0.1, 0.15) is 17.5 Å². The first kappa shape index (κ1) is 12.6. The van der Waals surface area contributed by atoms with Crippen molar-refractivity contribution in [1.29, 1.82) is 0 Å². The highest BCUT2D eigenvalue weighted by Gasteiger charge is 2.15. The molecule has 0 unspecified atom stereocenters. The van der Waals surface area contributed by atoms with E-state index in [2.05, 4.69) is 10.1 Å². The molecule has 0 radical (unpaired) electrons. The van der Waals surface area contributed by atoms with Gasteiger partial charge in [-0.05, 0) is 11.6 Å². The van der Waals surface area contributed by atoms with E-state index in [1.807, 2.05) is 58.0 Å². The first-order valence-electron chi connectivity index (χ1n) is 6.56. The maximum atomic E-state index is 10.4. The Morgan fingerprint density at radius 1 is 1.00 bits per heavy atom. The monoisotopic (exact) mass is 268 g/mol. The molecular weight excluding hydrogens is 252 g/mol. The highest BCUT2D eigenvalue weighted by atomic mass is 16.3. The number of aliphatic hydroxyl groups excluding tert-OH is 1. The van der Waals surface area contributed by atoms with Crippen LogP contribution in [0.25, 0.3) is 0 Å². The molecule has 5 heteroatoms. The summed E-state index contributed by atoms with van der Waals surface area (Å²) in [6.07, 6.45) is 6.57. The summed E-state index contributed by atoms with van der Waals surface area (Å²) < 4.78 is 3.82. The van der Waals surface area contributed by atoms with Crippen molar-refractivity contribution in [2.45, 2.75) is 19.2 Å². The largest absolute Gasteiger partial charge is 0.380 e. The average Bonchev–Trinajstić information content (AvgIpc) is 3.16. The average molecular weight is 268 g/mol. The van der Waals surface area contributed by atoms with Crippen LogP contribution in [0.3, 0.4) is 0 Å². The predicted octanol–water partition coefficient (Wildman–Crippen LogP) is 1.86. The number of benzene rings is 1. The Hall–Kier alpha value is -2.40. The Kier molecular flexibility index (Phi) is 3.60. The second kappa shape index (κ2) is 5.71. The number of aryl methyl sites for hydroxylation is 2. The molecule has 0 aliphatic carbocycles. The van der Waals surface area contributed by atoms with Crippen LogP contribution in [-0.4, -0.2) is 24.4 Å². The van der Waals surface area contributed by atoms with Crippen molar-refractivity contribution in [3.05, 3.63) is 72.6 Å². The summed E-state index contributed by atoms with van der Waals surface area (Å²) in [4.78, 5) is 4.28. The summed E-state index contributed by atoms with van der Waals surface area (Å²) in [6, 6.07) is 11.5. The van der Waals surface area contributed by atoms with Gasteiger partial charge in [0.25, 0.3) is 0 Å². The second-order valence-electron chi connectivity index (χ2n) is 4.56. The van der Waals surface area contributed by atoms with Gasteiger partial charge in [0.1, 0.15) is 11.9 Å². The molecule has 0 aliphatic heterocycles. The minimum atomic E-state index is -0.705. The first-order valence-corrected chi connectivity index (χ1v) is 6.56. The molecule has 1 N–H and O–H groups in total. The zero-order chi connectivity index (χ0) is 13.8. The van der Waals surface area contributed by atoms with E-state index in [4.69, 9.17) is 0 Å². The molecule has 5 nitrogen and oxygen atoms in total. The van der Waals surface area contributed by atoms with Crippen molar-refractivity contribution in [3.8, 4) is 0 Å². The maximum absolute atomic E-state index is 10.4. The Morgan fingerprint density at radius 2 is 1.85 bits per heavy atom. The summed E-state index contributed by atoms with van der Waals surface area (Å²) in [5, 5.41) is 14.6. The topological polar surface area (TPSA) is 55.9 Å². The molecule has 2 heterocycles. The van der Waals surface area contributed by atoms with Crippen LogP contribution < -0.4 is 0 Å². The van der Waals surface area contributed by atoms with E-state index in [0.29, 0.717) is 5.82 Å². The van der Waals surface area contributed by atoms with Gasteiger partial charge in [0.15, 0.2) is 0 Å². The number of hydrogen-bond donors (Lipinski definition) is 1. The molecule has 0 bridgehead atoms. The van der Waals surface area contributed by atoms with Gasteiger partial charge < -0.3 is 9.67 Å². The SMILES string of the molecule is O[C@@H](c1ccccc1)c1nccn1CCn1cccn1. The fourth-order valence-corrected chi connectivity index (χ4v) is 2.18. The summed E-state index contributed by atoms with van der Waals surface area (Å²) in [5.41, 5.74) is 0.846. The standard InChI is InChI=1S/C15H16N4O/c20-14(13-5-2-1-3-6-13)15-16-8-10-18(15)11-12-19-9-4-7-17-19/h1-10,14,20H,11-12H2/t14-/m0/s1. The van der Waals surface area contributed by atoms with E-state index in [1.165, 1.54) is 0 Å².